The van der Waals surface area contributed by atoms with Crippen LogP contribution < -0.4 is 10.6 Å². The maximum atomic E-state index is 6.16. The lowest BCUT2D eigenvalue weighted by Crippen LogP contribution is -2.46. The third kappa shape index (κ3) is 3.00. The topological polar surface area (TPSA) is 24.1 Å². The molecule has 0 amide bonds. The summed E-state index contributed by atoms with van der Waals surface area (Å²) in [5.74, 6) is 0. The Morgan fingerprint density at radius 2 is 1.94 bits per heavy atom. The fraction of sp³-hybridized carbons (Fsp3) is 0.571. The van der Waals surface area contributed by atoms with Crippen molar-refractivity contribution in [3.05, 3.63) is 33.8 Å². The van der Waals surface area contributed by atoms with E-state index in [1.807, 2.05) is 12.1 Å². The first-order valence-electron chi connectivity index (χ1n) is 6.55. The van der Waals surface area contributed by atoms with Crippen LogP contribution in [0.15, 0.2) is 18.2 Å². The van der Waals surface area contributed by atoms with E-state index in [0.717, 1.165) is 39.0 Å². The number of rotatable bonds is 4. The summed E-state index contributed by atoms with van der Waals surface area (Å²) in [5, 5.41) is 8.20. The number of piperidine rings is 1. The standard InChI is InChI=1S/C14H20Cl2N2/c1-2-17-10-14(5-7-18-8-6-14)11-3-4-12(15)13(16)9-11/h3-4,9,17-18H,2,5-8,10H2,1H3. The molecule has 0 unspecified atom stereocenters. The Hall–Kier alpha value is -0.280. The highest BCUT2D eigenvalue weighted by Gasteiger charge is 2.33. The van der Waals surface area contributed by atoms with Gasteiger partial charge in [0.25, 0.3) is 0 Å². The van der Waals surface area contributed by atoms with Crippen molar-refractivity contribution in [2.75, 3.05) is 26.2 Å². The first-order chi connectivity index (χ1) is 8.68. The monoisotopic (exact) mass is 286 g/mol. The number of nitrogens with one attached hydrogen (secondary N) is 2. The summed E-state index contributed by atoms with van der Waals surface area (Å²) in [7, 11) is 0. The third-order valence-electron chi connectivity index (χ3n) is 3.81. The molecule has 18 heavy (non-hydrogen) atoms. The van der Waals surface area contributed by atoms with Gasteiger partial charge in [0.15, 0.2) is 0 Å². The molecule has 1 heterocycles. The second kappa shape index (κ2) is 6.25. The Morgan fingerprint density at radius 1 is 1.22 bits per heavy atom. The van der Waals surface area contributed by atoms with Crippen molar-refractivity contribution in [2.24, 2.45) is 0 Å². The molecule has 2 N–H and O–H groups in total. The van der Waals surface area contributed by atoms with Crippen molar-refractivity contribution >= 4 is 23.2 Å². The summed E-state index contributed by atoms with van der Waals surface area (Å²) in [6.07, 6.45) is 2.27. The van der Waals surface area contributed by atoms with Crippen molar-refractivity contribution in [3.63, 3.8) is 0 Å². The molecule has 1 aromatic rings. The van der Waals surface area contributed by atoms with Gasteiger partial charge in [0.05, 0.1) is 10.0 Å². The van der Waals surface area contributed by atoms with Crippen molar-refractivity contribution in [1.29, 1.82) is 0 Å². The van der Waals surface area contributed by atoms with Crippen LogP contribution in [0.3, 0.4) is 0 Å². The zero-order chi connectivity index (χ0) is 13.0. The van der Waals surface area contributed by atoms with Crippen molar-refractivity contribution in [2.45, 2.75) is 25.2 Å². The van der Waals surface area contributed by atoms with Crippen LogP contribution in [-0.4, -0.2) is 26.2 Å². The number of halogens is 2. The highest BCUT2D eigenvalue weighted by atomic mass is 35.5. The highest BCUT2D eigenvalue weighted by molar-refractivity contribution is 6.42. The van der Waals surface area contributed by atoms with E-state index in [-0.39, 0.29) is 5.41 Å². The molecule has 2 nitrogen and oxygen atoms in total. The molecule has 0 aromatic heterocycles. The van der Waals surface area contributed by atoms with E-state index >= 15 is 0 Å². The second-order valence-electron chi connectivity index (χ2n) is 4.94. The van der Waals surface area contributed by atoms with Crippen molar-refractivity contribution in [3.8, 4) is 0 Å². The molecule has 1 aromatic carbocycles. The third-order valence-corrected chi connectivity index (χ3v) is 4.55. The molecule has 0 atom stereocenters. The van der Waals surface area contributed by atoms with E-state index in [9.17, 15) is 0 Å². The molecule has 0 saturated carbocycles. The van der Waals surface area contributed by atoms with Crippen LogP contribution in [0.2, 0.25) is 10.0 Å². The zero-order valence-electron chi connectivity index (χ0n) is 10.7. The molecule has 1 aliphatic rings. The van der Waals surface area contributed by atoms with E-state index in [0.29, 0.717) is 10.0 Å². The average molecular weight is 287 g/mol. The van der Waals surface area contributed by atoms with Gasteiger partial charge in [-0.25, -0.2) is 0 Å². The Bertz CT molecular complexity index is 401. The van der Waals surface area contributed by atoms with Crippen LogP contribution in [0, 0.1) is 0 Å². The fourth-order valence-corrected chi connectivity index (χ4v) is 2.96. The maximum absolute atomic E-state index is 6.16. The van der Waals surface area contributed by atoms with Gasteiger partial charge in [-0.3, -0.25) is 0 Å². The number of benzene rings is 1. The first kappa shape index (κ1) is 14.1. The second-order valence-corrected chi connectivity index (χ2v) is 5.75. The molecule has 0 bridgehead atoms. The summed E-state index contributed by atoms with van der Waals surface area (Å²) >= 11 is 12.2. The highest BCUT2D eigenvalue weighted by Crippen LogP contribution is 2.36. The predicted octanol–water partition coefficient (Wildman–Crippen LogP) is 3.22. The molecule has 2 rings (SSSR count). The van der Waals surface area contributed by atoms with Crippen LogP contribution in [0.4, 0.5) is 0 Å². The summed E-state index contributed by atoms with van der Waals surface area (Å²) < 4.78 is 0. The molecular weight excluding hydrogens is 267 g/mol. The molecule has 4 heteroatoms. The van der Waals surface area contributed by atoms with Crippen LogP contribution >= 0.6 is 23.2 Å². The van der Waals surface area contributed by atoms with Crippen LogP contribution in [-0.2, 0) is 5.41 Å². The number of likely N-dealkylation sites (N-methyl/N-ethyl adjacent to an activating group) is 1. The largest absolute Gasteiger partial charge is 0.317 e. The molecule has 100 valence electrons. The minimum atomic E-state index is 0.190. The van der Waals surface area contributed by atoms with E-state index in [2.05, 4.69) is 23.6 Å². The molecule has 1 fully saturated rings. The van der Waals surface area contributed by atoms with Gasteiger partial charge in [-0.2, -0.15) is 0 Å². The van der Waals surface area contributed by atoms with Gasteiger partial charge in [-0.15, -0.1) is 0 Å². The fourth-order valence-electron chi connectivity index (χ4n) is 2.66. The van der Waals surface area contributed by atoms with Gasteiger partial charge >= 0.3 is 0 Å². The maximum Gasteiger partial charge on any atom is 0.0595 e. The lowest BCUT2D eigenvalue weighted by molar-refractivity contribution is 0.295. The van der Waals surface area contributed by atoms with E-state index in [1.54, 1.807) is 0 Å². The Labute approximate surface area is 119 Å². The number of hydrogen-bond donors (Lipinski definition) is 2. The predicted molar refractivity (Wildman–Crippen MR) is 78.8 cm³/mol. The lowest BCUT2D eigenvalue weighted by Gasteiger charge is -2.38. The molecule has 1 saturated heterocycles. The summed E-state index contributed by atoms with van der Waals surface area (Å²) in [6, 6.07) is 6.07. The van der Waals surface area contributed by atoms with E-state index in [4.69, 9.17) is 23.2 Å². The average Bonchev–Trinajstić information content (AvgIpc) is 2.40. The molecule has 0 spiro atoms. The van der Waals surface area contributed by atoms with Crippen molar-refractivity contribution in [1.82, 2.24) is 10.6 Å². The van der Waals surface area contributed by atoms with Crippen molar-refractivity contribution < 1.29 is 0 Å². The van der Waals surface area contributed by atoms with Gasteiger partial charge in [0.1, 0.15) is 0 Å². The minimum Gasteiger partial charge on any atom is -0.317 e. The Morgan fingerprint density at radius 3 is 2.56 bits per heavy atom. The molecule has 1 aliphatic heterocycles. The summed E-state index contributed by atoms with van der Waals surface area (Å²) in [4.78, 5) is 0. The molecule has 0 radical (unpaired) electrons. The van der Waals surface area contributed by atoms with E-state index in [1.165, 1.54) is 5.56 Å². The smallest absolute Gasteiger partial charge is 0.0595 e. The van der Waals surface area contributed by atoms with Crippen LogP contribution in [0.1, 0.15) is 25.3 Å². The minimum absolute atomic E-state index is 0.190. The van der Waals surface area contributed by atoms with Crippen LogP contribution in [0.5, 0.6) is 0 Å². The summed E-state index contributed by atoms with van der Waals surface area (Å²) in [5.41, 5.74) is 1.49. The Kier molecular flexibility index (Phi) is 4.91. The first-order valence-corrected chi connectivity index (χ1v) is 7.30. The van der Waals surface area contributed by atoms with Crippen LogP contribution in [0.25, 0.3) is 0 Å². The van der Waals surface area contributed by atoms with Gasteiger partial charge < -0.3 is 10.6 Å². The van der Waals surface area contributed by atoms with Gasteiger partial charge in [-0.1, -0.05) is 36.2 Å². The Balaban J connectivity index is 2.29. The van der Waals surface area contributed by atoms with Gasteiger partial charge in [0, 0.05) is 12.0 Å². The summed E-state index contributed by atoms with van der Waals surface area (Å²) in [6.45, 7) is 6.26. The molecule has 0 aliphatic carbocycles. The molecular formula is C14H20Cl2N2. The van der Waals surface area contributed by atoms with Gasteiger partial charge in [-0.05, 0) is 50.2 Å². The quantitative estimate of drug-likeness (QED) is 0.888. The lowest BCUT2D eigenvalue weighted by atomic mass is 9.73. The normalized spacial score (nSPS) is 18.8. The zero-order valence-corrected chi connectivity index (χ0v) is 12.2. The van der Waals surface area contributed by atoms with Gasteiger partial charge in [0.2, 0.25) is 0 Å². The van der Waals surface area contributed by atoms with E-state index < -0.39 is 0 Å². The SMILES string of the molecule is CCNCC1(c2ccc(Cl)c(Cl)c2)CCNCC1. The number of hydrogen-bond acceptors (Lipinski definition) is 2.